The fourth-order valence-electron chi connectivity index (χ4n) is 1.86. The highest BCUT2D eigenvalue weighted by Gasteiger charge is 2.03. The number of anilines is 1. The molecule has 0 fully saturated rings. The molecule has 2 aromatic rings. The summed E-state index contributed by atoms with van der Waals surface area (Å²) in [5.74, 6) is 0.916. The summed E-state index contributed by atoms with van der Waals surface area (Å²) in [6, 6.07) is 14.3. The Balaban J connectivity index is 2.11. The van der Waals surface area contributed by atoms with Crippen LogP contribution in [0.1, 0.15) is 11.1 Å². The summed E-state index contributed by atoms with van der Waals surface area (Å²) in [5.41, 5.74) is 3.52. The largest absolute Gasteiger partial charge is 0.496 e. The van der Waals surface area contributed by atoms with Gasteiger partial charge in [-0.05, 0) is 36.8 Å². The predicted octanol–water partition coefficient (Wildman–Crippen LogP) is 4.38. The normalized spacial score (nSPS) is 10.2. The summed E-state index contributed by atoms with van der Waals surface area (Å²) in [6.07, 6.45) is 0. The second-order valence-corrected chi connectivity index (χ2v) is 5.04. The molecular formula is C15H16BrNO. The minimum atomic E-state index is 0.756. The molecule has 0 aromatic heterocycles. The third-order valence-electron chi connectivity index (χ3n) is 2.85. The van der Waals surface area contributed by atoms with E-state index in [9.17, 15) is 0 Å². The summed E-state index contributed by atoms with van der Waals surface area (Å²) in [6.45, 7) is 2.85. The van der Waals surface area contributed by atoms with Crippen LogP contribution in [0.15, 0.2) is 46.9 Å². The molecular weight excluding hydrogens is 290 g/mol. The Bertz CT molecular complexity index is 540. The van der Waals surface area contributed by atoms with Crippen LogP contribution >= 0.6 is 15.9 Å². The first-order chi connectivity index (χ1) is 8.70. The topological polar surface area (TPSA) is 21.3 Å². The van der Waals surface area contributed by atoms with Crippen molar-refractivity contribution in [2.45, 2.75) is 13.5 Å². The van der Waals surface area contributed by atoms with Crippen LogP contribution in [0.25, 0.3) is 0 Å². The molecule has 0 bridgehead atoms. The van der Waals surface area contributed by atoms with Gasteiger partial charge in [-0.1, -0.05) is 34.1 Å². The maximum absolute atomic E-state index is 5.34. The highest BCUT2D eigenvalue weighted by Crippen LogP contribution is 2.23. The molecule has 2 nitrogen and oxygen atoms in total. The molecule has 94 valence electrons. The van der Waals surface area contributed by atoms with E-state index >= 15 is 0 Å². The van der Waals surface area contributed by atoms with Crippen molar-refractivity contribution in [3.8, 4) is 5.75 Å². The molecule has 2 aromatic carbocycles. The van der Waals surface area contributed by atoms with Crippen molar-refractivity contribution in [2.24, 2.45) is 0 Å². The number of methoxy groups -OCH3 is 1. The molecule has 0 unspecified atom stereocenters. The third-order valence-corrected chi connectivity index (χ3v) is 3.34. The van der Waals surface area contributed by atoms with Gasteiger partial charge in [-0.3, -0.25) is 0 Å². The fourth-order valence-corrected chi connectivity index (χ4v) is 2.34. The summed E-state index contributed by atoms with van der Waals surface area (Å²) >= 11 is 3.47. The lowest BCUT2D eigenvalue weighted by Gasteiger charge is -2.12. The van der Waals surface area contributed by atoms with E-state index in [1.165, 1.54) is 5.56 Å². The molecule has 0 spiro atoms. The molecule has 0 aliphatic carbocycles. The average Bonchev–Trinajstić information content (AvgIpc) is 2.38. The number of ether oxygens (including phenoxy) is 1. The number of nitrogens with one attached hydrogen (secondary N) is 1. The van der Waals surface area contributed by atoms with Gasteiger partial charge >= 0.3 is 0 Å². The molecule has 2 rings (SSSR count). The second-order valence-electron chi connectivity index (χ2n) is 4.12. The number of benzene rings is 2. The molecule has 0 saturated carbocycles. The molecule has 0 amide bonds. The molecule has 0 heterocycles. The van der Waals surface area contributed by atoms with E-state index in [1.807, 2.05) is 24.3 Å². The Kier molecular flexibility index (Phi) is 4.26. The molecule has 3 heteroatoms. The monoisotopic (exact) mass is 305 g/mol. The first kappa shape index (κ1) is 13.0. The van der Waals surface area contributed by atoms with Crippen molar-refractivity contribution >= 4 is 21.6 Å². The van der Waals surface area contributed by atoms with Gasteiger partial charge in [0.25, 0.3) is 0 Å². The van der Waals surface area contributed by atoms with Gasteiger partial charge in [0.2, 0.25) is 0 Å². The number of rotatable bonds is 4. The van der Waals surface area contributed by atoms with E-state index in [4.69, 9.17) is 4.74 Å². The van der Waals surface area contributed by atoms with Gasteiger partial charge in [0, 0.05) is 22.3 Å². The van der Waals surface area contributed by atoms with Crippen molar-refractivity contribution in [1.29, 1.82) is 0 Å². The Hall–Kier alpha value is -1.48. The molecule has 0 aliphatic heterocycles. The summed E-state index contributed by atoms with van der Waals surface area (Å²) in [5, 5.41) is 3.43. The molecule has 0 saturated heterocycles. The lowest BCUT2D eigenvalue weighted by atomic mass is 10.1. The molecule has 0 aliphatic rings. The highest BCUT2D eigenvalue weighted by atomic mass is 79.9. The van der Waals surface area contributed by atoms with E-state index < -0.39 is 0 Å². The number of aryl methyl sites for hydroxylation is 1. The molecule has 0 radical (unpaired) electrons. The SMILES string of the molecule is COc1ccccc1CNc1ccc(Br)cc1C. The molecule has 1 N–H and O–H groups in total. The minimum absolute atomic E-state index is 0.756. The predicted molar refractivity (Wildman–Crippen MR) is 79.2 cm³/mol. The smallest absolute Gasteiger partial charge is 0.123 e. The van der Waals surface area contributed by atoms with E-state index in [-0.39, 0.29) is 0 Å². The van der Waals surface area contributed by atoms with Gasteiger partial charge in [-0.2, -0.15) is 0 Å². The van der Waals surface area contributed by atoms with Gasteiger partial charge in [-0.15, -0.1) is 0 Å². The highest BCUT2D eigenvalue weighted by molar-refractivity contribution is 9.10. The standard InChI is InChI=1S/C15H16BrNO/c1-11-9-13(16)7-8-14(11)17-10-12-5-3-4-6-15(12)18-2/h3-9,17H,10H2,1-2H3. The zero-order chi connectivity index (χ0) is 13.0. The molecule has 0 atom stereocenters. The summed E-state index contributed by atoms with van der Waals surface area (Å²) in [7, 11) is 1.70. The first-order valence-electron chi connectivity index (χ1n) is 5.82. The second kappa shape index (κ2) is 5.91. The lowest BCUT2D eigenvalue weighted by Crippen LogP contribution is -2.02. The Labute approximate surface area is 116 Å². The molecule has 18 heavy (non-hydrogen) atoms. The maximum atomic E-state index is 5.34. The number of para-hydroxylation sites is 1. The summed E-state index contributed by atoms with van der Waals surface area (Å²) < 4.78 is 6.44. The van der Waals surface area contributed by atoms with Gasteiger partial charge in [0.05, 0.1) is 7.11 Å². The Morgan fingerprint density at radius 1 is 1.17 bits per heavy atom. The van der Waals surface area contributed by atoms with E-state index in [1.54, 1.807) is 7.11 Å². The van der Waals surface area contributed by atoms with Crippen molar-refractivity contribution in [3.63, 3.8) is 0 Å². The van der Waals surface area contributed by atoms with E-state index in [0.717, 1.165) is 28.0 Å². The van der Waals surface area contributed by atoms with Gasteiger partial charge in [0.15, 0.2) is 0 Å². The van der Waals surface area contributed by atoms with Crippen LogP contribution < -0.4 is 10.1 Å². The van der Waals surface area contributed by atoms with Crippen molar-refractivity contribution in [3.05, 3.63) is 58.1 Å². The average molecular weight is 306 g/mol. The Morgan fingerprint density at radius 2 is 1.94 bits per heavy atom. The van der Waals surface area contributed by atoms with Crippen LogP contribution in [0.3, 0.4) is 0 Å². The van der Waals surface area contributed by atoms with Gasteiger partial charge < -0.3 is 10.1 Å². The minimum Gasteiger partial charge on any atom is -0.496 e. The van der Waals surface area contributed by atoms with Crippen LogP contribution in [-0.2, 0) is 6.54 Å². The Morgan fingerprint density at radius 3 is 2.67 bits per heavy atom. The summed E-state index contributed by atoms with van der Waals surface area (Å²) in [4.78, 5) is 0. The van der Waals surface area contributed by atoms with Gasteiger partial charge in [0.1, 0.15) is 5.75 Å². The number of halogens is 1. The van der Waals surface area contributed by atoms with Crippen molar-refractivity contribution < 1.29 is 4.74 Å². The quantitative estimate of drug-likeness (QED) is 0.905. The van der Waals surface area contributed by atoms with E-state index in [0.29, 0.717) is 0 Å². The zero-order valence-corrected chi connectivity index (χ0v) is 12.1. The fraction of sp³-hybridized carbons (Fsp3) is 0.200. The van der Waals surface area contributed by atoms with Crippen molar-refractivity contribution in [2.75, 3.05) is 12.4 Å². The number of hydrogen-bond acceptors (Lipinski definition) is 2. The van der Waals surface area contributed by atoms with Crippen molar-refractivity contribution in [1.82, 2.24) is 0 Å². The first-order valence-corrected chi connectivity index (χ1v) is 6.62. The third kappa shape index (κ3) is 3.05. The van der Waals surface area contributed by atoms with Gasteiger partial charge in [-0.25, -0.2) is 0 Å². The van der Waals surface area contributed by atoms with Crippen LogP contribution in [0.5, 0.6) is 5.75 Å². The lowest BCUT2D eigenvalue weighted by molar-refractivity contribution is 0.410. The van der Waals surface area contributed by atoms with Crippen LogP contribution in [0, 0.1) is 6.92 Å². The maximum Gasteiger partial charge on any atom is 0.123 e. The zero-order valence-electron chi connectivity index (χ0n) is 10.5. The van der Waals surface area contributed by atoms with Crippen LogP contribution in [0.2, 0.25) is 0 Å². The van der Waals surface area contributed by atoms with E-state index in [2.05, 4.69) is 46.4 Å². The number of hydrogen-bond donors (Lipinski definition) is 1. The van der Waals surface area contributed by atoms with Crippen LogP contribution in [0.4, 0.5) is 5.69 Å². The van der Waals surface area contributed by atoms with Crippen LogP contribution in [-0.4, -0.2) is 7.11 Å².